The molecule has 2 unspecified atom stereocenters. The summed E-state index contributed by atoms with van der Waals surface area (Å²) in [7, 11) is 1.55. The molecule has 7 nitrogen and oxygen atoms in total. The van der Waals surface area contributed by atoms with Crippen molar-refractivity contribution in [2.75, 3.05) is 13.7 Å². The van der Waals surface area contributed by atoms with Gasteiger partial charge in [-0.05, 0) is 35.7 Å². The van der Waals surface area contributed by atoms with Crippen LogP contribution in [0, 0.1) is 0 Å². The molecule has 1 aliphatic heterocycles. The Hall–Kier alpha value is -4.18. The SMILES string of the molecule is COc1cc2ncnc(-c3ccc(C(C(N)=O)c4ccc(C(F)(F)F)cc4)cc3)c2cc1OC1CCCO1. The Labute approximate surface area is 216 Å². The van der Waals surface area contributed by atoms with E-state index >= 15 is 0 Å². The number of amides is 1. The van der Waals surface area contributed by atoms with E-state index in [0.717, 1.165) is 35.9 Å². The highest BCUT2D eigenvalue weighted by molar-refractivity contribution is 5.94. The zero-order valence-corrected chi connectivity index (χ0v) is 20.4. The minimum absolute atomic E-state index is 0.357. The average Bonchev–Trinajstić information content (AvgIpc) is 3.41. The summed E-state index contributed by atoms with van der Waals surface area (Å²) in [5, 5.41) is 0.725. The predicted octanol–water partition coefficient (Wildman–Crippen LogP) is 5.46. The molecular formula is C28H24F3N3O4. The lowest BCUT2D eigenvalue weighted by Crippen LogP contribution is -2.22. The molecule has 1 saturated heterocycles. The summed E-state index contributed by atoms with van der Waals surface area (Å²) in [5.41, 5.74) is 7.78. The molecule has 3 aromatic carbocycles. The normalized spacial score (nSPS) is 16.4. The molecule has 1 amide bonds. The third-order valence-corrected chi connectivity index (χ3v) is 6.44. The Balaban J connectivity index is 1.49. The maximum Gasteiger partial charge on any atom is 0.416 e. The number of rotatable bonds is 7. The van der Waals surface area contributed by atoms with Gasteiger partial charge in [0.15, 0.2) is 17.8 Å². The topological polar surface area (TPSA) is 96.6 Å². The van der Waals surface area contributed by atoms with E-state index in [9.17, 15) is 18.0 Å². The number of ether oxygens (including phenoxy) is 3. The lowest BCUT2D eigenvalue weighted by Gasteiger charge is -2.17. The van der Waals surface area contributed by atoms with Gasteiger partial charge < -0.3 is 19.9 Å². The summed E-state index contributed by atoms with van der Waals surface area (Å²) in [6.45, 7) is 0.639. The van der Waals surface area contributed by atoms with Crippen molar-refractivity contribution >= 4 is 16.8 Å². The van der Waals surface area contributed by atoms with Crippen LogP contribution in [0.5, 0.6) is 11.5 Å². The standard InChI is InChI=1S/C28H24F3N3O4/c1-36-22-14-21-20(13-23(22)38-24-3-2-12-37-24)26(34-15-33-21)18-6-4-16(5-7-18)25(27(32)35)17-8-10-19(11-9-17)28(29,30)31/h4-11,13-15,24-25H,2-3,12H2,1H3,(H2,32,35). The van der Waals surface area contributed by atoms with Crippen LogP contribution in [0.25, 0.3) is 22.2 Å². The molecule has 0 radical (unpaired) electrons. The number of fused-ring (bicyclic) bond motifs is 1. The van der Waals surface area contributed by atoms with Gasteiger partial charge in [-0.25, -0.2) is 9.97 Å². The van der Waals surface area contributed by atoms with Crippen LogP contribution in [-0.4, -0.2) is 35.9 Å². The van der Waals surface area contributed by atoms with Crippen LogP contribution in [0.3, 0.4) is 0 Å². The second kappa shape index (κ2) is 10.3. The molecular weight excluding hydrogens is 499 g/mol. The van der Waals surface area contributed by atoms with Gasteiger partial charge in [0, 0.05) is 23.4 Å². The Bertz CT molecular complexity index is 1450. The van der Waals surface area contributed by atoms with Crippen LogP contribution in [0.1, 0.15) is 35.4 Å². The van der Waals surface area contributed by atoms with Crippen molar-refractivity contribution in [3.63, 3.8) is 0 Å². The number of hydrogen-bond donors (Lipinski definition) is 1. The molecule has 2 N–H and O–H groups in total. The van der Waals surface area contributed by atoms with Crippen LogP contribution < -0.4 is 15.2 Å². The number of carbonyl (C=O) groups is 1. The number of alkyl halides is 3. The molecule has 0 aliphatic carbocycles. The van der Waals surface area contributed by atoms with Crippen LogP contribution in [-0.2, 0) is 15.7 Å². The summed E-state index contributed by atoms with van der Waals surface area (Å²) in [5.74, 6) is -0.554. The molecule has 1 aromatic heterocycles. The van der Waals surface area contributed by atoms with Gasteiger partial charge in [-0.2, -0.15) is 13.2 Å². The molecule has 5 rings (SSSR count). The summed E-state index contributed by atoms with van der Waals surface area (Å²) >= 11 is 0. The van der Waals surface area contributed by atoms with Crippen molar-refractivity contribution in [2.24, 2.45) is 5.73 Å². The largest absolute Gasteiger partial charge is 0.493 e. The first-order chi connectivity index (χ1) is 18.2. The van der Waals surface area contributed by atoms with Gasteiger partial charge in [-0.3, -0.25) is 4.79 Å². The van der Waals surface area contributed by atoms with Gasteiger partial charge in [0.05, 0.1) is 36.4 Å². The molecule has 0 bridgehead atoms. The van der Waals surface area contributed by atoms with Crippen molar-refractivity contribution in [3.05, 3.63) is 83.7 Å². The van der Waals surface area contributed by atoms with Crippen molar-refractivity contribution in [1.29, 1.82) is 0 Å². The monoisotopic (exact) mass is 523 g/mol. The zero-order chi connectivity index (χ0) is 26.9. The van der Waals surface area contributed by atoms with Gasteiger partial charge in [-0.15, -0.1) is 0 Å². The summed E-state index contributed by atoms with van der Waals surface area (Å²) in [4.78, 5) is 21.1. The van der Waals surface area contributed by atoms with Gasteiger partial charge in [-0.1, -0.05) is 36.4 Å². The number of aromatic nitrogens is 2. The number of hydrogen-bond acceptors (Lipinski definition) is 6. The smallest absolute Gasteiger partial charge is 0.416 e. The minimum atomic E-state index is -4.47. The van der Waals surface area contributed by atoms with E-state index in [1.165, 1.54) is 18.5 Å². The van der Waals surface area contributed by atoms with Crippen LogP contribution >= 0.6 is 0 Å². The van der Waals surface area contributed by atoms with Gasteiger partial charge in [0.2, 0.25) is 5.91 Å². The Morgan fingerprint density at radius 2 is 1.71 bits per heavy atom. The molecule has 2 atom stereocenters. The Morgan fingerprint density at radius 1 is 1.03 bits per heavy atom. The Kier molecular flexibility index (Phi) is 6.90. The molecule has 1 aliphatic rings. The maximum atomic E-state index is 13.0. The summed E-state index contributed by atoms with van der Waals surface area (Å²) < 4.78 is 56.0. The third-order valence-electron chi connectivity index (χ3n) is 6.44. The molecule has 1 fully saturated rings. The van der Waals surface area contributed by atoms with Crippen LogP contribution in [0.4, 0.5) is 13.2 Å². The van der Waals surface area contributed by atoms with E-state index in [0.29, 0.717) is 40.4 Å². The van der Waals surface area contributed by atoms with Crippen LogP contribution in [0.15, 0.2) is 67.0 Å². The van der Waals surface area contributed by atoms with E-state index in [2.05, 4.69) is 9.97 Å². The minimum Gasteiger partial charge on any atom is -0.493 e. The fourth-order valence-electron chi connectivity index (χ4n) is 4.55. The van der Waals surface area contributed by atoms with Crippen molar-refractivity contribution in [1.82, 2.24) is 9.97 Å². The first-order valence-corrected chi connectivity index (χ1v) is 11.9. The van der Waals surface area contributed by atoms with Crippen LogP contribution in [0.2, 0.25) is 0 Å². The molecule has 2 heterocycles. The lowest BCUT2D eigenvalue weighted by atomic mass is 9.89. The maximum absolute atomic E-state index is 13.0. The number of benzene rings is 3. The van der Waals surface area contributed by atoms with Gasteiger partial charge >= 0.3 is 6.18 Å². The molecule has 196 valence electrons. The number of halogens is 3. The number of carbonyl (C=O) groups excluding carboxylic acids is 1. The molecule has 4 aromatic rings. The third kappa shape index (κ3) is 5.12. The molecule has 10 heteroatoms. The molecule has 0 saturated carbocycles. The fraction of sp³-hybridized carbons (Fsp3) is 0.250. The first kappa shape index (κ1) is 25.5. The highest BCUT2D eigenvalue weighted by Crippen LogP contribution is 2.37. The number of methoxy groups -OCH3 is 1. The van der Waals surface area contributed by atoms with E-state index in [4.69, 9.17) is 19.9 Å². The van der Waals surface area contributed by atoms with Crippen molar-refractivity contribution < 1.29 is 32.2 Å². The lowest BCUT2D eigenvalue weighted by molar-refractivity contribution is -0.137. The molecule has 38 heavy (non-hydrogen) atoms. The predicted molar refractivity (Wildman–Crippen MR) is 134 cm³/mol. The van der Waals surface area contributed by atoms with Crippen molar-refractivity contribution in [3.8, 4) is 22.8 Å². The first-order valence-electron chi connectivity index (χ1n) is 11.9. The highest BCUT2D eigenvalue weighted by atomic mass is 19.4. The van der Waals surface area contributed by atoms with Crippen molar-refractivity contribution in [2.45, 2.75) is 31.2 Å². The Morgan fingerprint density at radius 3 is 2.29 bits per heavy atom. The highest BCUT2D eigenvalue weighted by Gasteiger charge is 2.31. The van der Waals surface area contributed by atoms with E-state index in [1.807, 2.05) is 6.07 Å². The van der Waals surface area contributed by atoms with Gasteiger partial charge in [0.25, 0.3) is 0 Å². The second-order valence-electron chi connectivity index (χ2n) is 8.88. The average molecular weight is 524 g/mol. The fourth-order valence-corrected chi connectivity index (χ4v) is 4.55. The second-order valence-corrected chi connectivity index (χ2v) is 8.88. The summed E-state index contributed by atoms with van der Waals surface area (Å²) in [6.07, 6.45) is -1.69. The van der Waals surface area contributed by atoms with E-state index in [-0.39, 0.29) is 6.29 Å². The number of nitrogens with zero attached hydrogens (tertiary/aromatic N) is 2. The molecule has 0 spiro atoms. The zero-order valence-electron chi connectivity index (χ0n) is 20.4. The number of primary amides is 1. The number of nitrogens with two attached hydrogens (primary N) is 1. The summed E-state index contributed by atoms with van der Waals surface area (Å²) in [6, 6.07) is 15.0. The van der Waals surface area contributed by atoms with E-state index in [1.54, 1.807) is 37.4 Å². The van der Waals surface area contributed by atoms with Gasteiger partial charge in [0.1, 0.15) is 6.33 Å². The quantitative estimate of drug-likeness (QED) is 0.346. The van der Waals surface area contributed by atoms with E-state index < -0.39 is 23.6 Å².